The molecular weight excluding hydrogens is 224 g/mol. The highest BCUT2D eigenvalue weighted by Crippen LogP contribution is 2.29. The summed E-state index contributed by atoms with van der Waals surface area (Å²) in [6, 6.07) is 0. The molecule has 0 radical (unpaired) electrons. The summed E-state index contributed by atoms with van der Waals surface area (Å²) in [6.07, 6.45) is 2.61. The van der Waals surface area contributed by atoms with Crippen LogP contribution in [0.2, 0.25) is 0 Å². The van der Waals surface area contributed by atoms with E-state index in [1.165, 1.54) is 34.5 Å². The van der Waals surface area contributed by atoms with Crippen LogP contribution in [-0.4, -0.2) is 21.7 Å². The zero-order valence-corrected chi connectivity index (χ0v) is 11.1. The molecule has 0 saturated heterocycles. The molecule has 0 bridgehead atoms. The molecule has 0 saturated carbocycles. The average molecular weight is 242 g/mol. The summed E-state index contributed by atoms with van der Waals surface area (Å²) in [5.74, 6) is 2.63. The largest absolute Gasteiger partial charge is 0.150 e. The second kappa shape index (κ2) is 12.4. The van der Waals surface area contributed by atoms with Gasteiger partial charge in [0.05, 0.1) is 0 Å². The first-order valence-corrected chi connectivity index (χ1v) is 9.11. The fraction of sp³-hybridized carbons (Fsp3) is 1.00. The molecule has 0 aromatic rings. The molecule has 0 aliphatic carbocycles. The van der Waals surface area contributed by atoms with Gasteiger partial charge in [0.2, 0.25) is 0 Å². The molecule has 12 heavy (non-hydrogen) atoms. The Morgan fingerprint density at radius 2 is 1.17 bits per heavy atom. The lowest BCUT2D eigenvalue weighted by Crippen LogP contribution is -1.75. The molecule has 0 aromatic carbocycles. The Kier molecular flexibility index (Phi) is 13.8. The van der Waals surface area contributed by atoms with Crippen LogP contribution in [0.3, 0.4) is 0 Å². The first-order chi connectivity index (χ1) is 5.91. The normalized spacial score (nSPS) is 10.5. The topological polar surface area (TPSA) is 0 Å². The average Bonchev–Trinajstić information content (AvgIpc) is 2.10. The third-order valence-electron chi connectivity index (χ3n) is 1.04. The molecule has 4 heteroatoms. The van der Waals surface area contributed by atoms with Crippen LogP contribution < -0.4 is 0 Å². The van der Waals surface area contributed by atoms with Gasteiger partial charge in [0.15, 0.2) is 0 Å². The number of rotatable bonds is 9. The van der Waals surface area contributed by atoms with Crippen LogP contribution in [0.4, 0.5) is 0 Å². The van der Waals surface area contributed by atoms with E-state index in [9.17, 15) is 0 Å². The predicted molar refractivity (Wildman–Crippen MR) is 70.4 cm³/mol. The quantitative estimate of drug-likeness (QED) is 0.330. The van der Waals surface area contributed by atoms with Gasteiger partial charge in [-0.3, -0.25) is 0 Å². The maximum Gasteiger partial charge on any atom is 0.0496 e. The Balaban J connectivity index is 2.73. The lowest BCUT2D eigenvalue weighted by Gasteiger charge is -1.99. The van der Waals surface area contributed by atoms with Gasteiger partial charge in [-0.1, -0.05) is 35.4 Å². The van der Waals surface area contributed by atoms with Crippen molar-refractivity contribution in [2.75, 3.05) is 21.7 Å². The lowest BCUT2D eigenvalue weighted by molar-refractivity contribution is 1.11. The smallest absolute Gasteiger partial charge is 0.0496 e. The zero-order chi connectivity index (χ0) is 9.07. The van der Waals surface area contributed by atoms with E-state index in [4.69, 9.17) is 0 Å². The van der Waals surface area contributed by atoms with Gasteiger partial charge in [0, 0.05) is 10.2 Å². The minimum Gasteiger partial charge on any atom is -0.150 e. The fourth-order valence-corrected chi connectivity index (χ4v) is 5.60. The van der Waals surface area contributed by atoms with Crippen molar-refractivity contribution >= 4 is 45.1 Å². The Morgan fingerprint density at radius 1 is 0.750 bits per heavy atom. The molecule has 0 fully saturated rings. The molecule has 0 amide bonds. The van der Waals surface area contributed by atoms with Crippen molar-refractivity contribution in [2.45, 2.75) is 26.7 Å². The maximum absolute atomic E-state index is 2.24. The van der Waals surface area contributed by atoms with Gasteiger partial charge in [0.25, 0.3) is 0 Å². The predicted octanol–water partition coefficient (Wildman–Crippen LogP) is 4.57. The van der Waals surface area contributed by atoms with Gasteiger partial charge in [-0.15, -0.1) is 0 Å². The number of hydrogen-bond donors (Lipinski definition) is 0. The monoisotopic (exact) mass is 242 g/mol. The van der Waals surface area contributed by atoms with Gasteiger partial charge < -0.3 is 0 Å². The van der Waals surface area contributed by atoms with E-state index in [0.717, 1.165) is 0 Å². The molecule has 0 rings (SSSR count). The summed E-state index contributed by atoms with van der Waals surface area (Å²) >= 11 is 4.10. The summed E-state index contributed by atoms with van der Waals surface area (Å²) in [6.45, 7) is 4.48. The second-order valence-electron chi connectivity index (χ2n) is 2.29. The van der Waals surface area contributed by atoms with Crippen LogP contribution in [-0.2, 0) is 0 Å². The van der Waals surface area contributed by atoms with Crippen LogP contribution in [0.15, 0.2) is 0 Å². The van der Waals surface area contributed by atoms with Gasteiger partial charge in [-0.05, 0) is 24.3 Å². The highest BCUT2D eigenvalue weighted by Gasteiger charge is 1.90. The van der Waals surface area contributed by atoms with E-state index in [2.05, 4.69) is 13.8 Å². The van der Waals surface area contributed by atoms with Crippen molar-refractivity contribution in [3.05, 3.63) is 0 Å². The van der Waals surface area contributed by atoms with Gasteiger partial charge in [-0.2, -0.15) is 23.5 Å². The van der Waals surface area contributed by atoms with E-state index in [1.54, 1.807) is 0 Å². The second-order valence-corrected chi connectivity index (χ2v) is 7.69. The molecule has 74 valence electrons. The zero-order valence-electron chi connectivity index (χ0n) is 7.88. The highest BCUT2D eigenvalue weighted by molar-refractivity contribution is 8.79. The summed E-state index contributed by atoms with van der Waals surface area (Å²) in [5.41, 5.74) is 0. The Morgan fingerprint density at radius 3 is 1.50 bits per heavy atom. The molecule has 0 N–H and O–H groups in total. The van der Waals surface area contributed by atoms with Crippen LogP contribution in [0.5, 0.6) is 0 Å². The SMILES string of the molecule is CCCSCSSCSCCC. The Hall–Kier alpha value is 1.40. The minimum atomic E-state index is 1.26. The standard InChI is InChI=1S/C8H18S4/c1-3-5-9-7-11-12-8-10-6-4-2/h3-8H2,1-2H3. The van der Waals surface area contributed by atoms with Crippen molar-refractivity contribution in [3.63, 3.8) is 0 Å². The molecule has 0 atom stereocenters. The van der Waals surface area contributed by atoms with E-state index in [1.807, 2.05) is 45.1 Å². The summed E-state index contributed by atoms with van der Waals surface area (Å²) in [5, 5.41) is 2.51. The molecule has 0 aromatic heterocycles. The maximum atomic E-state index is 2.24. The van der Waals surface area contributed by atoms with Crippen molar-refractivity contribution in [1.29, 1.82) is 0 Å². The van der Waals surface area contributed by atoms with Crippen molar-refractivity contribution in [2.24, 2.45) is 0 Å². The van der Waals surface area contributed by atoms with Crippen LogP contribution in [0.1, 0.15) is 26.7 Å². The molecule has 0 spiro atoms. The van der Waals surface area contributed by atoms with Gasteiger partial charge in [0.1, 0.15) is 0 Å². The summed E-state index contributed by atoms with van der Waals surface area (Å²) in [4.78, 5) is 0. The fourth-order valence-electron chi connectivity index (χ4n) is 0.543. The minimum absolute atomic E-state index is 1.26. The Bertz CT molecular complexity index is 67.5. The van der Waals surface area contributed by atoms with Crippen LogP contribution >= 0.6 is 45.1 Å². The Labute approximate surface area is 93.2 Å². The van der Waals surface area contributed by atoms with Crippen LogP contribution in [0.25, 0.3) is 0 Å². The molecule has 0 nitrogen and oxygen atoms in total. The molecular formula is C8H18S4. The van der Waals surface area contributed by atoms with E-state index in [0.29, 0.717) is 0 Å². The number of hydrogen-bond acceptors (Lipinski definition) is 4. The lowest BCUT2D eigenvalue weighted by atomic mass is 10.6. The van der Waals surface area contributed by atoms with Crippen LogP contribution in [0, 0.1) is 0 Å². The highest BCUT2D eigenvalue weighted by atomic mass is 33.1. The third-order valence-corrected chi connectivity index (χ3v) is 6.94. The first-order valence-electron chi connectivity index (χ1n) is 4.31. The van der Waals surface area contributed by atoms with Gasteiger partial charge in [-0.25, -0.2) is 0 Å². The van der Waals surface area contributed by atoms with Gasteiger partial charge >= 0.3 is 0 Å². The summed E-state index contributed by atoms with van der Waals surface area (Å²) in [7, 11) is 4.00. The van der Waals surface area contributed by atoms with Crippen molar-refractivity contribution in [1.82, 2.24) is 0 Å². The number of thioether (sulfide) groups is 2. The summed E-state index contributed by atoms with van der Waals surface area (Å²) < 4.78 is 0. The van der Waals surface area contributed by atoms with E-state index in [-0.39, 0.29) is 0 Å². The molecule has 0 heterocycles. The molecule has 0 aliphatic rings. The third kappa shape index (κ3) is 11.4. The molecule has 0 unspecified atom stereocenters. The first kappa shape index (κ1) is 13.4. The van der Waals surface area contributed by atoms with Crippen molar-refractivity contribution < 1.29 is 0 Å². The molecule has 0 aliphatic heterocycles. The van der Waals surface area contributed by atoms with E-state index < -0.39 is 0 Å². The van der Waals surface area contributed by atoms with E-state index >= 15 is 0 Å². The van der Waals surface area contributed by atoms with Crippen molar-refractivity contribution in [3.8, 4) is 0 Å².